The summed E-state index contributed by atoms with van der Waals surface area (Å²) < 4.78 is 41.2. The van der Waals surface area contributed by atoms with E-state index in [1.807, 2.05) is 0 Å². The van der Waals surface area contributed by atoms with Gasteiger partial charge in [0.15, 0.2) is 6.61 Å². The normalized spacial score (nSPS) is 14.9. The first-order valence-corrected chi connectivity index (χ1v) is 9.16. The van der Waals surface area contributed by atoms with Crippen molar-refractivity contribution in [3.05, 3.63) is 53.6 Å². The molecule has 0 bridgehead atoms. The van der Waals surface area contributed by atoms with Crippen molar-refractivity contribution in [2.75, 3.05) is 6.61 Å². The maximum atomic E-state index is 12.5. The molecule has 0 radical (unpaired) electrons. The molecule has 154 valence electrons. The van der Waals surface area contributed by atoms with E-state index in [0.29, 0.717) is 11.4 Å². The summed E-state index contributed by atoms with van der Waals surface area (Å²) in [6.07, 6.45) is -1.05. The van der Waals surface area contributed by atoms with Gasteiger partial charge in [-0.25, -0.2) is 9.97 Å². The van der Waals surface area contributed by atoms with Crippen LogP contribution in [0.1, 0.15) is 47.7 Å². The average Bonchev–Trinajstić information content (AvgIpc) is 3.52. The van der Waals surface area contributed by atoms with Crippen LogP contribution < -0.4 is 10.1 Å². The van der Waals surface area contributed by atoms with Crippen LogP contribution in [0.15, 0.2) is 36.5 Å². The second-order valence-corrected chi connectivity index (χ2v) is 6.94. The molecule has 1 N–H and O–H groups in total. The Morgan fingerprint density at radius 3 is 2.52 bits per heavy atom. The molecule has 1 amide bonds. The van der Waals surface area contributed by atoms with Crippen molar-refractivity contribution in [1.82, 2.24) is 15.3 Å². The van der Waals surface area contributed by atoms with E-state index in [4.69, 9.17) is 0 Å². The number of ketones is 1. The van der Waals surface area contributed by atoms with Crippen LogP contribution in [0.5, 0.6) is 5.75 Å². The Morgan fingerprint density at radius 2 is 1.90 bits per heavy atom. The topological polar surface area (TPSA) is 81.2 Å². The van der Waals surface area contributed by atoms with E-state index in [0.717, 1.165) is 12.8 Å². The van der Waals surface area contributed by atoms with Crippen LogP contribution in [0, 0.1) is 5.92 Å². The number of ether oxygens (including phenoxy) is 1. The molecule has 1 aliphatic carbocycles. The number of nitrogens with one attached hydrogen (secondary N) is 1. The van der Waals surface area contributed by atoms with Gasteiger partial charge in [-0.1, -0.05) is 12.1 Å². The summed E-state index contributed by atoms with van der Waals surface area (Å²) in [6.45, 7) is 0.375. The fourth-order valence-electron chi connectivity index (χ4n) is 2.69. The second-order valence-electron chi connectivity index (χ2n) is 6.94. The number of nitrogens with zero attached hydrogens (tertiary/aromatic N) is 2. The van der Waals surface area contributed by atoms with Crippen LogP contribution >= 0.6 is 0 Å². The van der Waals surface area contributed by atoms with Gasteiger partial charge >= 0.3 is 6.18 Å². The van der Waals surface area contributed by atoms with E-state index >= 15 is 0 Å². The number of benzene rings is 1. The molecule has 2 aromatic rings. The molecule has 0 spiro atoms. The van der Waals surface area contributed by atoms with Gasteiger partial charge in [-0.15, -0.1) is 0 Å². The van der Waals surface area contributed by atoms with Crippen molar-refractivity contribution in [1.29, 1.82) is 0 Å². The van der Waals surface area contributed by atoms with Gasteiger partial charge in [0.2, 0.25) is 0 Å². The van der Waals surface area contributed by atoms with Gasteiger partial charge < -0.3 is 10.1 Å². The predicted molar refractivity (Wildman–Crippen MR) is 97.3 cm³/mol. The second kappa shape index (κ2) is 8.59. The van der Waals surface area contributed by atoms with Crippen LogP contribution in [0.4, 0.5) is 13.2 Å². The Bertz CT molecular complexity index is 881. The van der Waals surface area contributed by atoms with E-state index in [1.165, 1.54) is 24.4 Å². The van der Waals surface area contributed by atoms with Gasteiger partial charge in [0, 0.05) is 12.1 Å². The average molecular weight is 407 g/mol. The zero-order valence-electron chi connectivity index (χ0n) is 15.7. The van der Waals surface area contributed by atoms with Gasteiger partial charge in [0.25, 0.3) is 5.91 Å². The van der Waals surface area contributed by atoms with Crippen LogP contribution in [-0.2, 0) is 11.2 Å². The Morgan fingerprint density at radius 1 is 1.21 bits per heavy atom. The van der Waals surface area contributed by atoms with Gasteiger partial charge in [-0.05, 0) is 43.5 Å². The van der Waals surface area contributed by atoms with Crippen molar-refractivity contribution in [3.8, 4) is 5.75 Å². The molecule has 1 unspecified atom stereocenters. The van der Waals surface area contributed by atoms with Gasteiger partial charge in [-0.3, -0.25) is 9.59 Å². The summed E-state index contributed by atoms with van der Waals surface area (Å²) in [7, 11) is 0. The Labute approximate surface area is 165 Å². The number of rotatable bonds is 8. The highest BCUT2D eigenvalue weighted by atomic mass is 19.4. The van der Waals surface area contributed by atoms with Crippen molar-refractivity contribution >= 4 is 11.7 Å². The lowest BCUT2D eigenvalue weighted by atomic mass is 10.1. The number of amides is 1. The minimum atomic E-state index is -4.40. The minimum Gasteiger partial charge on any atom is -0.484 e. The molecule has 3 rings (SSSR count). The molecule has 6 nitrogen and oxygen atoms in total. The van der Waals surface area contributed by atoms with Crippen molar-refractivity contribution < 1.29 is 27.5 Å². The third kappa shape index (κ3) is 6.27. The highest BCUT2D eigenvalue weighted by molar-refractivity contribution is 5.92. The molecule has 1 saturated carbocycles. The molecule has 1 aromatic carbocycles. The highest BCUT2D eigenvalue weighted by Crippen LogP contribution is 2.30. The predicted octanol–water partition coefficient (Wildman–Crippen LogP) is 3.43. The van der Waals surface area contributed by atoms with Crippen molar-refractivity contribution in [3.63, 3.8) is 0 Å². The van der Waals surface area contributed by atoms with Crippen LogP contribution in [-0.4, -0.2) is 34.4 Å². The maximum Gasteiger partial charge on any atom is 0.422 e. The fraction of sp³-hybridized carbons (Fsp3) is 0.400. The lowest BCUT2D eigenvalue weighted by Gasteiger charge is -2.15. The lowest BCUT2D eigenvalue weighted by Crippen LogP contribution is -2.28. The molecular weight excluding hydrogens is 387 g/mol. The number of alkyl halides is 3. The first kappa shape index (κ1) is 20.8. The van der Waals surface area contributed by atoms with Crippen molar-refractivity contribution in [2.45, 2.75) is 38.4 Å². The van der Waals surface area contributed by atoms with E-state index in [2.05, 4.69) is 20.0 Å². The molecule has 1 heterocycles. The summed E-state index contributed by atoms with van der Waals surface area (Å²) in [4.78, 5) is 32.6. The summed E-state index contributed by atoms with van der Waals surface area (Å²) in [5, 5.41) is 2.77. The zero-order valence-corrected chi connectivity index (χ0v) is 15.7. The maximum absolute atomic E-state index is 12.5. The fourth-order valence-corrected chi connectivity index (χ4v) is 2.69. The molecule has 1 fully saturated rings. The summed E-state index contributed by atoms with van der Waals surface area (Å²) in [5.74, 6) is 0.152. The summed E-state index contributed by atoms with van der Waals surface area (Å²) in [5.41, 5.74) is 0.839. The molecular formula is C20H20F3N3O3. The molecule has 1 atom stereocenters. The number of carbonyl (C=O) groups excluding carboxylic acids is 2. The molecule has 9 heteroatoms. The van der Waals surface area contributed by atoms with Crippen molar-refractivity contribution in [2.24, 2.45) is 5.92 Å². The first-order valence-electron chi connectivity index (χ1n) is 9.16. The monoisotopic (exact) mass is 407 g/mol. The smallest absolute Gasteiger partial charge is 0.422 e. The number of Topliss-reactive ketones (excluding diaryl/α,β-unsaturated/α-hetero) is 1. The largest absolute Gasteiger partial charge is 0.484 e. The standard InChI is InChI=1S/C20H20F3N3O3/c1-12(13-4-6-15(7-5-13)29-11-20(21,22)23)25-19(28)16-8-9-24-18(26-16)10-17(27)14-2-3-14/h4-9,12,14H,2-3,10-11H2,1H3,(H,25,28). The van der Waals surface area contributed by atoms with E-state index < -0.39 is 24.7 Å². The number of carbonyl (C=O) groups is 2. The third-order valence-corrected chi connectivity index (χ3v) is 4.43. The molecule has 1 aromatic heterocycles. The number of halogens is 3. The highest BCUT2D eigenvalue weighted by Gasteiger charge is 2.30. The number of aromatic nitrogens is 2. The van der Waals surface area contributed by atoms with E-state index in [9.17, 15) is 22.8 Å². The van der Waals surface area contributed by atoms with Gasteiger partial charge in [0.05, 0.1) is 12.5 Å². The number of hydrogen-bond acceptors (Lipinski definition) is 5. The molecule has 29 heavy (non-hydrogen) atoms. The molecule has 1 aliphatic rings. The first-order chi connectivity index (χ1) is 13.7. The van der Waals surface area contributed by atoms with Gasteiger partial charge in [-0.2, -0.15) is 13.2 Å². The van der Waals surface area contributed by atoms with Crippen LogP contribution in [0.25, 0.3) is 0 Å². The van der Waals surface area contributed by atoms with E-state index in [1.54, 1.807) is 19.1 Å². The summed E-state index contributed by atoms with van der Waals surface area (Å²) in [6, 6.07) is 7.03. The SMILES string of the molecule is CC(NC(=O)c1ccnc(CC(=O)C2CC2)n1)c1ccc(OCC(F)(F)F)cc1. The minimum absolute atomic E-state index is 0.0868. The Kier molecular flexibility index (Phi) is 6.14. The quantitative estimate of drug-likeness (QED) is 0.725. The van der Waals surface area contributed by atoms with Crippen LogP contribution in [0.2, 0.25) is 0 Å². The Hall–Kier alpha value is -2.97. The van der Waals surface area contributed by atoms with Crippen LogP contribution in [0.3, 0.4) is 0 Å². The summed E-state index contributed by atoms with van der Waals surface area (Å²) >= 11 is 0. The van der Waals surface area contributed by atoms with Gasteiger partial charge in [0.1, 0.15) is 23.1 Å². The van der Waals surface area contributed by atoms with E-state index in [-0.39, 0.29) is 29.6 Å². The Balaban J connectivity index is 1.57. The zero-order chi connectivity index (χ0) is 21.0. The lowest BCUT2D eigenvalue weighted by molar-refractivity contribution is -0.153. The number of hydrogen-bond donors (Lipinski definition) is 1. The third-order valence-electron chi connectivity index (χ3n) is 4.43. The molecule has 0 aliphatic heterocycles. The molecule has 0 saturated heterocycles.